The zero-order valence-electron chi connectivity index (χ0n) is 12.2. The standard InChI is InChI=1S/C15H24ClNO3/c1-19-8-9-20-11-12-6-7-17(10-12)15(18)13-4-2-3-5-14(13)16/h12H,2-11H2,1H3/t12-/m0/s1. The molecule has 20 heavy (non-hydrogen) atoms. The van der Waals surface area contributed by atoms with Crippen LogP contribution in [-0.4, -0.2) is 50.8 Å². The van der Waals surface area contributed by atoms with Crippen LogP contribution in [0.4, 0.5) is 0 Å². The molecule has 0 aromatic heterocycles. The molecule has 4 nitrogen and oxygen atoms in total. The minimum absolute atomic E-state index is 0.147. The number of hydrogen-bond acceptors (Lipinski definition) is 3. The van der Waals surface area contributed by atoms with Crippen molar-refractivity contribution < 1.29 is 14.3 Å². The quantitative estimate of drug-likeness (QED) is 0.708. The normalized spacial score (nSPS) is 23.5. The molecule has 0 aromatic rings. The third-order valence-corrected chi connectivity index (χ3v) is 4.43. The summed E-state index contributed by atoms with van der Waals surface area (Å²) in [6.07, 6.45) is 4.90. The third kappa shape index (κ3) is 4.21. The number of allylic oxidation sites excluding steroid dienone is 1. The highest BCUT2D eigenvalue weighted by molar-refractivity contribution is 6.32. The zero-order valence-corrected chi connectivity index (χ0v) is 13.0. The summed E-state index contributed by atoms with van der Waals surface area (Å²) in [5, 5.41) is 0.779. The molecule has 2 rings (SSSR count). The molecule has 0 bridgehead atoms. The van der Waals surface area contributed by atoms with E-state index in [9.17, 15) is 4.79 Å². The second kappa shape index (κ2) is 8.01. The lowest BCUT2D eigenvalue weighted by Gasteiger charge is -2.22. The van der Waals surface area contributed by atoms with Crippen LogP contribution in [0.2, 0.25) is 0 Å². The van der Waals surface area contributed by atoms with Crippen molar-refractivity contribution in [1.29, 1.82) is 0 Å². The van der Waals surface area contributed by atoms with Gasteiger partial charge >= 0.3 is 0 Å². The molecule has 0 aromatic carbocycles. The van der Waals surface area contributed by atoms with Gasteiger partial charge in [-0.1, -0.05) is 11.6 Å². The van der Waals surface area contributed by atoms with Crippen molar-refractivity contribution >= 4 is 17.5 Å². The summed E-state index contributed by atoms with van der Waals surface area (Å²) in [6.45, 7) is 3.57. The largest absolute Gasteiger partial charge is 0.382 e. The Kier molecular flexibility index (Phi) is 6.33. The number of carbonyl (C=O) groups excluding carboxylic acids is 1. The van der Waals surface area contributed by atoms with Crippen LogP contribution in [0.1, 0.15) is 32.1 Å². The minimum atomic E-state index is 0.147. The van der Waals surface area contributed by atoms with E-state index in [0.717, 1.165) is 55.8 Å². The molecule has 114 valence electrons. The molecule has 0 N–H and O–H groups in total. The first-order valence-electron chi connectivity index (χ1n) is 7.46. The lowest BCUT2D eigenvalue weighted by molar-refractivity contribution is -0.126. The van der Waals surface area contributed by atoms with E-state index in [2.05, 4.69) is 0 Å². The van der Waals surface area contributed by atoms with Gasteiger partial charge in [-0.15, -0.1) is 0 Å². The van der Waals surface area contributed by atoms with Crippen molar-refractivity contribution in [1.82, 2.24) is 4.90 Å². The average Bonchev–Trinajstić information content (AvgIpc) is 2.92. The highest BCUT2D eigenvalue weighted by Gasteiger charge is 2.29. The third-order valence-electron chi connectivity index (χ3n) is 4.02. The SMILES string of the molecule is COCCOC[C@H]1CCN(C(=O)C2=C(Cl)CCCC2)C1. The van der Waals surface area contributed by atoms with Crippen molar-refractivity contribution in [3.8, 4) is 0 Å². The molecule has 1 fully saturated rings. The second-order valence-electron chi connectivity index (χ2n) is 5.56. The van der Waals surface area contributed by atoms with Gasteiger partial charge in [-0.2, -0.15) is 0 Å². The number of amides is 1. The van der Waals surface area contributed by atoms with Crippen LogP contribution in [0.5, 0.6) is 0 Å². The lowest BCUT2D eigenvalue weighted by Crippen LogP contribution is -2.31. The summed E-state index contributed by atoms with van der Waals surface area (Å²) in [5.74, 6) is 0.591. The smallest absolute Gasteiger partial charge is 0.250 e. The maximum atomic E-state index is 12.5. The molecule has 1 saturated heterocycles. The Bertz CT molecular complexity index is 370. The fourth-order valence-corrected chi connectivity index (χ4v) is 3.14. The molecule has 2 aliphatic rings. The highest BCUT2D eigenvalue weighted by atomic mass is 35.5. The van der Waals surface area contributed by atoms with Gasteiger partial charge in [0.1, 0.15) is 0 Å². The average molecular weight is 302 g/mol. The van der Waals surface area contributed by atoms with E-state index in [-0.39, 0.29) is 5.91 Å². The predicted molar refractivity (Wildman–Crippen MR) is 78.7 cm³/mol. The summed E-state index contributed by atoms with van der Waals surface area (Å²) in [6, 6.07) is 0. The van der Waals surface area contributed by atoms with Crippen molar-refractivity contribution in [2.24, 2.45) is 5.92 Å². The topological polar surface area (TPSA) is 38.8 Å². The first-order valence-corrected chi connectivity index (χ1v) is 7.83. The molecule has 1 amide bonds. The minimum Gasteiger partial charge on any atom is -0.382 e. The first kappa shape index (κ1) is 15.8. The molecule has 0 unspecified atom stereocenters. The van der Waals surface area contributed by atoms with E-state index in [1.807, 2.05) is 4.90 Å². The number of nitrogens with zero attached hydrogens (tertiary/aromatic N) is 1. The number of hydrogen-bond donors (Lipinski definition) is 0. The van der Waals surface area contributed by atoms with Crippen LogP contribution in [0, 0.1) is 5.92 Å². The lowest BCUT2D eigenvalue weighted by atomic mass is 9.98. The molecular formula is C15H24ClNO3. The Morgan fingerprint density at radius 3 is 2.90 bits per heavy atom. The first-order chi connectivity index (χ1) is 9.72. The van der Waals surface area contributed by atoms with Crippen molar-refractivity contribution in [3.63, 3.8) is 0 Å². The summed E-state index contributed by atoms with van der Waals surface area (Å²) < 4.78 is 10.5. The van der Waals surface area contributed by atoms with E-state index in [1.165, 1.54) is 0 Å². The monoisotopic (exact) mass is 301 g/mol. The second-order valence-corrected chi connectivity index (χ2v) is 6.02. The predicted octanol–water partition coefficient (Wildman–Crippen LogP) is 2.56. The van der Waals surface area contributed by atoms with Gasteiger partial charge in [0, 0.05) is 36.7 Å². The van der Waals surface area contributed by atoms with E-state index in [0.29, 0.717) is 25.7 Å². The van der Waals surface area contributed by atoms with Gasteiger partial charge in [-0.3, -0.25) is 4.79 Å². The Morgan fingerprint density at radius 2 is 2.15 bits per heavy atom. The van der Waals surface area contributed by atoms with Crippen LogP contribution in [0.3, 0.4) is 0 Å². The van der Waals surface area contributed by atoms with Gasteiger partial charge in [0.05, 0.1) is 19.8 Å². The van der Waals surface area contributed by atoms with Crippen molar-refractivity contribution in [2.45, 2.75) is 32.1 Å². The van der Waals surface area contributed by atoms with E-state index >= 15 is 0 Å². The van der Waals surface area contributed by atoms with Gasteiger partial charge < -0.3 is 14.4 Å². The number of methoxy groups -OCH3 is 1. The van der Waals surface area contributed by atoms with Gasteiger partial charge in [0.25, 0.3) is 5.91 Å². The number of likely N-dealkylation sites (tertiary alicyclic amines) is 1. The summed E-state index contributed by atoms with van der Waals surface area (Å²) >= 11 is 6.20. The molecule has 1 atom stereocenters. The zero-order chi connectivity index (χ0) is 14.4. The van der Waals surface area contributed by atoms with E-state index in [4.69, 9.17) is 21.1 Å². The van der Waals surface area contributed by atoms with Crippen LogP contribution in [0.15, 0.2) is 10.6 Å². The van der Waals surface area contributed by atoms with Gasteiger partial charge in [-0.05, 0) is 32.1 Å². The Morgan fingerprint density at radius 1 is 1.35 bits per heavy atom. The summed E-state index contributed by atoms with van der Waals surface area (Å²) in [7, 11) is 1.67. The Balaban J connectivity index is 1.78. The van der Waals surface area contributed by atoms with Crippen molar-refractivity contribution in [3.05, 3.63) is 10.6 Å². The maximum absolute atomic E-state index is 12.5. The van der Waals surface area contributed by atoms with Crippen molar-refractivity contribution in [2.75, 3.05) is 40.0 Å². The van der Waals surface area contributed by atoms with E-state index in [1.54, 1.807) is 7.11 Å². The van der Waals surface area contributed by atoms with E-state index < -0.39 is 0 Å². The fourth-order valence-electron chi connectivity index (χ4n) is 2.83. The molecule has 0 saturated carbocycles. The molecule has 0 spiro atoms. The number of rotatable bonds is 6. The molecular weight excluding hydrogens is 278 g/mol. The van der Waals surface area contributed by atoms with Gasteiger partial charge in [0.2, 0.25) is 0 Å². The Hall–Kier alpha value is -0.580. The molecule has 0 radical (unpaired) electrons. The number of carbonyl (C=O) groups is 1. The fraction of sp³-hybridized carbons (Fsp3) is 0.800. The molecule has 1 heterocycles. The summed E-state index contributed by atoms with van der Waals surface area (Å²) in [4.78, 5) is 14.4. The highest BCUT2D eigenvalue weighted by Crippen LogP contribution is 2.30. The van der Waals surface area contributed by atoms with Crippen LogP contribution in [0.25, 0.3) is 0 Å². The molecule has 1 aliphatic carbocycles. The number of halogens is 1. The number of ether oxygens (including phenoxy) is 2. The maximum Gasteiger partial charge on any atom is 0.250 e. The Labute approximate surface area is 126 Å². The van der Waals surface area contributed by atoms with Crippen LogP contribution >= 0.6 is 11.6 Å². The van der Waals surface area contributed by atoms with Crippen LogP contribution < -0.4 is 0 Å². The van der Waals surface area contributed by atoms with Gasteiger partial charge in [0.15, 0.2) is 0 Å². The molecule has 5 heteroatoms. The molecule has 1 aliphatic heterocycles. The van der Waals surface area contributed by atoms with Crippen LogP contribution in [-0.2, 0) is 14.3 Å². The summed E-state index contributed by atoms with van der Waals surface area (Å²) in [5.41, 5.74) is 0.846. The van der Waals surface area contributed by atoms with Gasteiger partial charge in [-0.25, -0.2) is 0 Å².